The lowest BCUT2D eigenvalue weighted by Crippen LogP contribution is -2.45. The van der Waals surface area contributed by atoms with Gasteiger partial charge in [0, 0.05) is 38.9 Å². The first-order valence-corrected chi connectivity index (χ1v) is 9.02. The van der Waals surface area contributed by atoms with Gasteiger partial charge in [-0.3, -0.25) is 0 Å². The fraction of sp³-hybridized carbons (Fsp3) is 0.667. The third-order valence-electron chi connectivity index (χ3n) is 5.11. The SMILES string of the molecule is CC1CCN(c2ccc(CNC(=O)N3CCC(O)CC3)cn2)CC1. The van der Waals surface area contributed by atoms with Crippen LogP contribution in [-0.2, 0) is 6.54 Å². The van der Waals surface area contributed by atoms with Gasteiger partial charge in [-0.05, 0) is 43.2 Å². The Kier molecular flexibility index (Phi) is 5.56. The summed E-state index contributed by atoms with van der Waals surface area (Å²) < 4.78 is 0. The average Bonchev–Trinajstić information content (AvgIpc) is 2.61. The fourth-order valence-electron chi connectivity index (χ4n) is 3.30. The topological polar surface area (TPSA) is 68.7 Å². The molecular formula is C18H28N4O2. The number of likely N-dealkylation sites (tertiary alicyclic amines) is 1. The summed E-state index contributed by atoms with van der Waals surface area (Å²) in [4.78, 5) is 20.8. The number of nitrogens with zero attached hydrogens (tertiary/aromatic N) is 3. The number of aromatic nitrogens is 1. The van der Waals surface area contributed by atoms with E-state index in [1.165, 1.54) is 12.8 Å². The number of rotatable bonds is 3. The number of urea groups is 1. The lowest BCUT2D eigenvalue weighted by molar-refractivity contribution is 0.0936. The van der Waals surface area contributed by atoms with Crippen LogP contribution in [0.4, 0.5) is 10.6 Å². The standard InChI is InChI=1S/C18H28N4O2/c1-14-4-8-21(9-5-14)17-3-2-15(12-19-17)13-20-18(24)22-10-6-16(23)7-11-22/h2-3,12,14,16,23H,4-11,13H2,1H3,(H,20,24). The molecule has 2 saturated heterocycles. The molecule has 2 N–H and O–H groups in total. The summed E-state index contributed by atoms with van der Waals surface area (Å²) in [7, 11) is 0. The molecule has 6 heteroatoms. The smallest absolute Gasteiger partial charge is 0.317 e. The summed E-state index contributed by atoms with van der Waals surface area (Å²) in [6.07, 6.45) is 5.38. The molecule has 0 radical (unpaired) electrons. The van der Waals surface area contributed by atoms with Gasteiger partial charge in [0.05, 0.1) is 6.10 Å². The maximum atomic E-state index is 12.1. The molecule has 3 heterocycles. The van der Waals surface area contributed by atoms with Crippen LogP contribution < -0.4 is 10.2 Å². The third-order valence-corrected chi connectivity index (χ3v) is 5.11. The Balaban J connectivity index is 1.47. The number of piperidine rings is 2. The average molecular weight is 332 g/mol. The molecule has 0 unspecified atom stereocenters. The summed E-state index contributed by atoms with van der Waals surface area (Å²) in [5.74, 6) is 1.84. The van der Waals surface area contributed by atoms with Crippen molar-refractivity contribution in [3.63, 3.8) is 0 Å². The van der Waals surface area contributed by atoms with Gasteiger partial charge < -0.3 is 20.2 Å². The van der Waals surface area contributed by atoms with E-state index in [0.717, 1.165) is 30.4 Å². The van der Waals surface area contributed by atoms with E-state index in [1.54, 1.807) is 4.90 Å². The molecule has 132 valence electrons. The van der Waals surface area contributed by atoms with E-state index in [9.17, 15) is 9.90 Å². The van der Waals surface area contributed by atoms with Crippen molar-refractivity contribution in [2.75, 3.05) is 31.1 Å². The first kappa shape index (κ1) is 17.0. The molecule has 2 amide bonds. The summed E-state index contributed by atoms with van der Waals surface area (Å²) in [6.45, 7) is 6.19. The van der Waals surface area contributed by atoms with Gasteiger partial charge in [-0.15, -0.1) is 0 Å². The van der Waals surface area contributed by atoms with Gasteiger partial charge in [0.1, 0.15) is 5.82 Å². The Morgan fingerprint density at radius 2 is 1.92 bits per heavy atom. The first-order chi connectivity index (χ1) is 11.6. The van der Waals surface area contributed by atoms with Crippen LogP contribution >= 0.6 is 0 Å². The maximum Gasteiger partial charge on any atom is 0.317 e. The Bertz CT molecular complexity index is 532. The second-order valence-electron chi connectivity index (χ2n) is 7.07. The highest BCUT2D eigenvalue weighted by atomic mass is 16.3. The molecule has 1 aromatic rings. The molecule has 1 aromatic heterocycles. The Morgan fingerprint density at radius 3 is 2.54 bits per heavy atom. The predicted octanol–water partition coefficient (Wildman–Crippen LogP) is 1.98. The van der Waals surface area contributed by atoms with Gasteiger partial charge in [-0.1, -0.05) is 13.0 Å². The maximum absolute atomic E-state index is 12.1. The van der Waals surface area contributed by atoms with E-state index in [0.29, 0.717) is 32.5 Å². The van der Waals surface area contributed by atoms with Crippen LogP contribution in [-0.4, -0.2) is 53.3 Å². The lowest BCUT2D eigenvalue weighted by Gasteiger charge is -2.31. The minimum atomic E-state index is -0.261. The number of aliphatic hydroxyl groups excluding tert-OH is 1. The fourth-order valence-corrected chi connectivity index (χ4v) is 3.30. The number of pyridine rings is 1. The van der Waals surface area contributed by atoms with Gasteiger partial charge in [-0.25, -0.2) is 9.78 Å². The molecule has 0 aromatic carbocycles. The van der Waals surface area contributed by atoms with Crippen LogP contribution in [0.5, 0.6) is 0 Å². The lowest BCUT2D eigenvalue weighted by atomic mass is 9.99. The molecule has 0 atom stereocenters. The van der Waals surface area contributed by atoms with Crippen LogP contribution in [0, 0.1) is 5.92 Å². The third kappa shape index (κ3) is 4.38. The molecule has 2 fully saturated rings. The second kappa shape index (κ2) is 7.83. The normalized spacial score (nSPS) is 20.2. The summed E-state index contributed by atoms with van der Waals surface area (Å²) in [6, 6.07) is 4.03. The van der Waals surface area contributed by atoms with Crippen LogP contribution in [0.2, 0.25) is 0 Å². The van der Waals surface area contributed by atoms with Crippen molar-refractivity contribution in [2.45, 2.75) is 45.3 Å². The van der Waals surface area contributed by atoms with Crippen molar-refractivity contribution >= 4 is 11.8 Å². The number of anilines is 1. The molecule has 6 nitrogen and oxygen atoms in total. The zero-order valence-corrected chi connectivity index (χ0v) is 14.4. The predicted molar refractivity (Wildman–Crippen MR) is 93.9 cm³/mol. The molecule has 0 bridgehead atoms. The van der Waals surface area contributed by atoms with E-state index in [2.05, 4.69) is 28.2 Å². The van der Waals surface area contributed by atoms with Crippen LogP contribution in [0.3, 0.4) is 0 Å². The second-order valence-corrected chi connectivity index (χ2v) is 7.07. The largest absolute Gasteiger partial charge is 0.393 e. The van der Waals surface area contributed by atoms with E-state index in [4.69, 9.17) is 0 Å². The van der Waals surface area contributed by atoms with Crippen LogP contribution in [0.1, 0.15) is 38.2 Å². The number of carbonyl (C=O) groups excluding carboxylic acids is 1. The van der Waals surface area contributed by atoms with Gasteiger partial charge in [0.15, 0.2) is 0 Å². The molecule has 0 aliphatic carbocycles. The number of hydrogen-bond donors (Lipinski definition) is 2. The molecule has 2 aliphatic rings. The number of carbonyl (C=O) groups is 1. The molecule has 2 aliphatic heterocycles. The highest BCUT2D eigenvalue weighted by Crippen LogP contribution is 2.21. The van der Waals surface area contributed by atoms with Crippen molar-refractivity contribution < 1.29 is 9.90 Å². The van der Waals surface area contributed by atoms with Crippen molar-refractivity contribution in [3.8, 4) is 0 Å². The highest BCUT2D eigenvalue weighted by molar-refractivity contribution is 5.74. The van der Waals surface area contributed by atoms with Crippen molar-refractivity contribution in [1.82, 2.24) is 15.2 Å². The van der Waals surface area contributed by atoms with Gasteiger partial charge in [-0.2, -0.15) is 0 Å². The van der Waals surface area contributed by atoms with Crippen LogP contribution in [0.25, 0.3) is 0 Å². The zero-order valence-electron chi connectivity index (χ0n) is 14.4. The van der Waals surface area contributed by atoms with Crippen LogP contribution in [0.15, 0.2) is 18.3 Å². The van der Waals surface area contributed by atoms with Gasteiger partial charge in [0.2, 0.25) is 0 Å². The summed E-state index contributed by atoms with van der Waals surface area (Å²) >= 11 is 0. The number of aliphatic hydroxyl groups is 1. The zero-order chi connectivity index (χ0) is 16.9. The minimum Gasteiger partial charge on any atom is -0.393 e. The molecule has 0 spiro atoms. The number of nitrogens with one attached hydrogen (secondary N) is 1. The van der Waals surface area contributed by atoms with Gasteiger partial charge >= 0.3 is 6.03 Å². The van der Waals surface area contributed by atoms with Crippen molar-refractivity contribution in [1.29, 1.82) is 0 Å². The van der Waals surface area contributed by atoms with E-state index >= 15 is 0 Å². The number of amides is 2. The van der Waals surface area contributed by atoms with Crippen molar-refractivity contribution in [2.24, 2.45) is 5.92 Å². The Labute approximate surface area is 143 Å². The Morgan fingerprint density at radius 1 is 1.21 bits per heavy atom. The summed E-state index contributed by atoms with van der Waals surface area (Å²) in [5, 5.41) is 12.4. The minimum absolute atomic E-state index is 0.0593. The summed E-state index contributed by atoms with van der Waals surface area (Å²) in [5.41, 5.74) is 1.01. The molecule has 0 saturated carbocycles. The highest BCUT2D eigenvalue weighted by Gasteiger charge is 2.21. The monoisotopic (exact) mass is 332 g/mol. The molecule has 24 heavy (non-hydrogen) atoms. The van der Waals surface area contributed by atoms with E-state index in [-0.39, 0.29) is 12.1 Å². The Hall–Kier alpha value is -1.82. The van der Waals surface area contributed by atoms with Crippen molar-refractivity contribution in [3.05, 3.63) is 23.9 Å². The molecule has 3 rings (SSSR count). The first-order valence-electron chi connectivity index (χ1n) is 9.02. The quantitative estimate of drug-likeness (QED) is 0.888. The number of hydrogen-bond acceptors (Lipinski definition) is 4. The van der Waals surface area contributed by atoms with E-state index in [1.807, 2.05) is 12.3 Å². The molecular weight excluding hydrogens is 304 g/mol. The van der Waals surface area contributed by atoms with E-state index < -0.39 is 0 Å². The van der Waals surface area contributed by atoms with Gasteiger partial charge in [0.25, 0.3) is 0 Å².